The minimum Gasteiger partial charge on any atom is -0.460 e. The van der Waals surface area contributed by atoms with Gasteiger partial charge in [0, 0.05) is 165 Å². The van der Waals surface area contributed by atoms with Crippen molar-refractivity contribution in [1.82, 2.24) is 0 Å². The van der Waals surface area contributed by atoms with Crippen LogP contribution in [0.4, 0.5) is 0 Å². The molecule has 0 saturated carbocycles. The maximum Gasteiger partial charge on any atom is 0.528 e. The maximum atomic E-state index is 11.1. The fraction of sp³-hybridized carbons (Fsp3) is 0.791. The molecule has 30 nitrogen and oxygen atoms in total. The number of rotatable bonds is 58. The van der Waals surface area contributed by atoms with E-state index in [1.165, 1.54) is 6.08 Å². The van der Waals surface area contributed by atoms with Gasteiger partial charge in [0.2, 0.25) is 0 Å². The van der Waals surface area contributed by atoms with Crippen LogP contribution in [0, 0.1) is 0 Å². The van der Waals surface area contributed by atoms with E-state index >= 15 is 0 Å². The minimum absolute atomic E-state index is 0.105. The van der Waals surface area contributed by atoms with Crippen LogP contribution in [0.15, 0.2) is 62.9 Å². The van der Waals surface area contributed by atoms with Crippen LogP contribution in [0.3, 0.4) is 0 Å². The first-order chi connectivity index (χ1) is 49.4. The molecule has 0 aliphatic rings. The molecule has 104 heavy (non-hydrogen) atoms. The van der Waals surface area contributed by atoms with E-state index in [-0.39, 0.29) is 49.1 Å². The van der Waals surface area contributed by atoms with E-state index in [4.69, 9.17) is 122 Å². The molecule has 0 bridgehead atoms. The monoisotopic (exact) mass is 1620 g/mol. The largest absolute Gasteiger partial charge is 0.528 e. The molecule has 0 aromatic rings. The number of hydrogen-bond acceptors (Lipinski definition) is 30. The van der Waals surface area contributed by atoms with Gasteiger partial charge in [0.25, 0.3) is 0 Å². The Bertz CT molecular complexity index is 2000. The standard InChI is InChI=1S/C13H26O5Si.C11H28N2O3Si.C11H22O4Si.C10H20O5Si.C9H18O4Si.C8H22N2O2Si.C5H12O3Si/c1-6-13(14)18-12(5)10-11-19(15-7-2,16-8-3)17-9-4;1-4-14-17(15-5-2,16-6-3)10-8-11(13)7-9-12;1-5-11(12)15-10(4)8-9-16(13-6-2)14-7-3;1-6-10(11)15-9(2)7-8-16(12-3,13-4)14-5;1-5-9(10)13-8(2)6-7-14(11-3)12-4;1-11-13(2,12-8-10)7-5-3-4-6-9;1-5-9(6-2,7-3)8-4/h6,12H,1,7-11H2,2-5H3;11H,4-10,12-13H2,1-3H3;5,10,16H,1,6-9H2,2-4H3;6,9H,1,7-8H2,2-5H3;5,8,14H,1,6-7H2,2-4H3;3-10H2,1-2H3;5H,1H2,2-4H3. The van der Waals surface area contributed by atoms with E-state index in [9.17, 15) is 19.2 Å². The molecule has 0 fully saturated rings. The van der Waals surface area contributed by atoms with Crippen molar-refractivity contribution in [3.63, 3.8) is 0 Å². The quantitative estimate of drug-likeness (QED) is 0.0110. The number of carbonyl (C=O) groups excluding carboxylic acids is 4. The molecule has 6 atom stereocenters. The molecule has 6 unspecified atom stereocenters. The van der Waals surface area contributed by atoms with E-state index in [2.05, 4.69) is 32.9 Å². The van der Waals surface area contributed by atoms with Gasteiger partial charge in [-0.25, -0.2) is 19.2 Å². The van der Waals surface area contributed by atoms with Crippen molar-refractivity contribution < 1.29 is 118 Å². The Hall–Kier alpha value is -2.78. The lowest BCUT2D eigenvalue weighted by Gasteiger charge is -2.29. The summed E-state index contributed by atoms with van der Waals surface area (Å²) in [6.45, 7) is 48.3. The van der Waals surface area contributed by atoms with Crippen molar-refractivity contribution in [3.05, 3.63) is 62.9 Å². The summed E-state index contributed by atoms with van der Waals surface area (Å²) < 4.78 is 117. The Kier molecular flexibility index (Phi) is 84.8. The van der Waals surface area contributed by atoms with Gasteiger partial charge in [0.05, 0.1) is 31.1 Å². The van der Waals surface area contributed by atoms with Crippen LogP contribution in [-0.2, 0) is 118 Å². The summed E-state index contributed by atoms with van der Waals surface area (Å²) in [4.78, 5) is 43.8. The van der Waals surface area contributed by atoms with Crippen LogP contribution >= 0.6 is 0 Å². The molecular formula is C67H148N4O26Si7. The zero-order chi connectivity index (χ0) is 81.3. The Morgan fingerprint density at radius 2 is 0.712 bits per heavy atom. The number of hydrogen-bond donors (Lipinski definition) is 4. The average Bonchev–Trinajstić information content (AvgIpc) is 0.883. The first kappa shape index (κ1) is 115. The van der Waals surface area contributed by atoms with Gasteiger partial charge in [-0.15, -0.1) is 0 Å². The molecular weight excluding hydrogens is 1470 g/mol. The van der Waals surface area contributed by atoms with Gasteiger partial charge in [-0.2, -0.15) is 0 Å². The predicted molar refractivity (Wildman–Crippen MR) is 425 cm³/mol. The molecule has 0 spiro atoms. The summed E-state index contributed by atoms with van der Waals surface area (Å²) in [5.74, 6) is -1.60. The SMILES string of the molecule is C=CC(=O)OC(C)CC[SiH](OC)OC.C=CC(=O)OC(C)CC[SiH](OCC)OCC.C=CC(=O)OC(C)CC[Si](OC)(OC)OC.C=CC(=O)OC(C)CC[Si](OCC)(OCC)OCC.C=C[Si](OC)(OC)OC.CCO[Si](CCC(N)CCN)(OCC)OCC.CO[Si](C)(CCCCCN)OCN. The highest BCUT2D eigenvalue weighted by molar-refractivity contribution is 6.66. The van der Waals surface area contributed by atoms with Crippen LogP contribution in [-0.4, -0.2) is 253 Å². The Morgan fingerprint density at radius 1 is 0.385 bits per heavy atom. The Balaban J connectivity index is -0.000000213. The number of esters is 4. The van der Waals surface area contributed by atoms with Crippen molar-refractivity contribution >= 4 is 86.2 Å². The smallest absolute Gasteiger partial charge is 0.460 e. The number of ether oxygens (including phenoxy) is 4. The Morgan fingerprint density at radius 3 is 0.962 bits per heavy atom. The molecule has 620 valence electrons. The second-order valence-corrected chi connectivity index (χ2v) is 41.4. The van der Waals surface area contributed by atoms with Crippen molar-refractivity contribution in [2.45, 2.75) is 214 Å². The highest BCUT2D eigenvalue weighted by Gasteiger charge is 2.42. The fourth-order valence-corrected chi connectivity index (χ4v) is 22.0. The first-order valence-corrected chi connectivity index (χ1v) is 49.5. The lowest BCUT2D eigenvalue weighted by molar-refractivity contribution is -0.143. The third-order valence-electron chi connectivity index (χ3n) is 14.2. The molecule has 0 aromatic carbocycles. The summed E-state index contributed by atoms with van der Waals surface area (Å²) in [5.41, 5.74) is 23.7. The van der Waals surface area contributed by atoms with E-state index in [1.54, 1.807) is 69.7 Å². The van der Waals surface area contributed by atoms with Crippen LogP contribution in [0.5, 0.6) is 0 Å². The average molecular weight is 1620 g/mol. The van der Waals surface area contributed by atoms with Crippen molar-refractivity contribution in [1.29, 1.82) is 0 Å². The molecule has 8 N–H and O–H groups in total. The van der Waals surface area contributed by atoms with Crippen LogP contribution in [0.1, 0.15) is 141 Å². The zero-order valence-corrected chi connectivity index (χ0v) is 75.6. The predicted octanol–water partition coefficient (Wildman–Crippen LogP) is 9.17. The van der Waals surface area contributed by atoms with Crippen LogP contribution < -0.4 is 22.9 Å². The van der Waals surface area contributed by atoms with Crippen LogP contribution in [0.25, 0.3) is 0 Å². The van der Waals surface area contributed by atoms with Crippen LogP contribution in [0.2, 0.25) is 42.8 Å². The van der Waals surface area contributed by atoms with E-state index in [0.29, 0.717) is 84.3 Å². The molecule has 0 rings (SSSR count). The number of unbranched alkanes of at least 4 members (excludes halogenated alkanes) is 2. The van der Waals surface area contributed by atoms with Crippen molar-refractivity contribution in [3.8, 4) is 0 Å². The Labute approximate surface area is 637 Å². The molecule has 0 saturated heterocycles. The molecule has 0 heterocycles. The maximum absolute atomic E-state index is 11.1. The zero-order valence-electron chi connectivity index (χ0n) is 68.3. The highest BCUT2D eigenvalue weighted by atomic mass is 28.4. The number of nitrogens with two attached hydrogens (primary N) is 4. The summed E-state index contributed by atoms with van der Waals surface area (Å²) in [7, 11) is -0.879. The summed E-state index contributed by atoms with van der Waals surface area (Å²) in [5, 5.41) is 0. The normalized spacial score (nSPS) is 13.3. The second-order valence-electron chi connectivity index (χ2n) is 22.1. The molecule has 0 aromatic heterocycles. The van der Waals surface area contributed by atoms with E-state index in [0.717, 1.165) is 93.9 Å². The first-order valence-electron chi connectivity index (χ1n) is 35.8. The topological polar surface area (TPSA) is 375 Å². The minimum atomic E-state index is -2.64. The van der Waals surface area contributed by atoms with Gasteiger partial charge in [-0.1, -0.05) is 45.7 Å². The van der Waals surface area contributed by atoms with Gasteiger partial charge in [-0.05, 0) is 171 Å². The molecule has 0 amide bonds. The summed E-state index contributed by atoms with van der Waals surface area (Å²) in [6, 6.07) is 4.79. The van der Waals surface area contributed by atoms with Crippen molar-refractivity contribution in [2.24, 2.45) is 22.9 Å². The lowest BCUT2D eigenvalue weighted by atomic mass is 10.2. The number of carbonyl (C=O) groups is 4. The molecule has 37 heteroatoms. The lowest BCUT2D eigenvalue weighted by Crippen LogP contribution is -2.47. The third kappa shape index (κ3) is 65.1. The molecule has 0 aliphatic heterocycles. The van der Waals surface area contributed by atoms with Gasteiger partial charge >= 0.3 is 86.2 Å². The fourth-order valence-electron chi connectivity index (χ4n) is 8.60. The molecule has 0 aliphatic carbocycles. The van der Waals surface area contributed by atoms with E-state index < -0.39 is 74.3 Å². The molecule has 0 radical (unpaired) electrons. The highest BCUT2D eigenvalue weighted by Crippen LogP contribution is 2.23. The van der Waals surface area contributed by atoms with Gasteiger partial charge in [-0.3, -0.25) is 0 Å². The third-order valence-corrected chi connectivity index (χ3v) is 32.4. The second kappa shape index (κ2) is 77.0. The van der Waals surface area contributed by atoms with Gasteiger partial charge < -0.3 is 122 Å². The van der Waals surface area contributed by atoms with Gasteiger partial charge in [0.1, 0.15) is 0 Å². The summed E-state index contributed by atoms with van der Waals surface area (Å²) >= 11 is 0. The van der Waals surface area contributed by atoms with Gasteiger partial charge in [0.15, 0.2) is 0 Å². The van der Waals surface area contributed by atoms with Crippen molar-refractivity contribution in [2.75, 3.05) is 137 Å². The summed E-state index contributed by atoms with van der Waals surface area (Å²) in [6.07, 6.45) is 11.8. The van der Waals surface area contributed by atoms with E-state index in [1.807, 2.05) is 89.6 Å².